The first-order chi connectivity index (χ1) is 7.70. The largest absolute Gasteiger partial charge is 0.454 e. The van der Waals surface area contributed by atoms with E-state index in [0.717, 1.165) is 0 Å². The monoisotopic (exact) mass is 279 g/mol. The van der Waals surface area contributed by atoms with Crippen LogP contribution in [0.25, 0.3) is 0 Å². The van der Waals surface area contributed by atoms with Crippen molar-refractivity contribution < 1.29 is 14.6 Å². The fourth-order valence-electron chi connectivity index (χ4n) is 2.01. The average molecular weight is 280 g/mol. The average Bonchev–Trinajstić information content (AvgIpc) is 2.75. The van der Waals surface area contributed by atoms with E-state index in [1.165, 1.54) is 0 Å². The number of fused-ring (bicyclic) bond motifs is 3. The Hall–Kier alpha value is -0.820. The maximum Gasteiger partial charge on any atom is 0.301 e. The molecule has 0 saturated carbocycles. The van der Waals surface area contributed by atoms with Gasteiger partial charge in [-0.2, -0.15) is 4.98 Å². The molecule has 17 heavy (non-hydrogen) atoms. The highest BCUT2D eigenvalue weighted by Gasteiger charge is 2.50. The van der Waals surface area contributed by atoms with Gasteiger partial charge in [0, 0.05) is 6.20 Å². The zero-order valence-corrected chi connectivity index (χ0v) is 10.2. The van der Waals surface area contributed by atoms with Crippen molar-refractivity contribution in [3.05, 3.63) is 17.8 Å². The lowest BCUT2D eigenvalue weighted by atomic mass is 10.1. The first-order valence-electron chi connectivity index (χ1n) is 4.90. The summed E-state index contributed by atoms with van der Waals surface area (Å²) in [7, 11) is 0. The standard InChI is InChI=1S/C9H10ClN3O3.ClH/c10-3-4-6(14)7-8(15-4)13-2-1-5(11)12-9(13)16-7;/h1-2,4,6-8,11,14H,3H2;1H/t4-,6-,7+,8-;/m1./s1. The highest BCUT2D eigenvalue weighted by molar-refractivity contribution is 6.18. The Labute approximate surface area is 108 Å². The van der Waals surface area contributed by atoms with Crippen LogP contribution in [0.3, 0.4) is 0 Å². The minimum atomic E-state index is -0.765. The van der Waals surface area contributed by atoms with Gasteiger partial charge in [-0.1, -0.05) is 0 Å². The summed E-state index contributed by atoms with van der Waals surface area (Å²) >= 11 is 5.67. The van der Waals surface area contributed by atoms with E-state index >= 15 is 0 Å². The van der Waals surface area contributed by atoms with Gasteiger partial charge in [0.15, 0.2) is 17.8 Å². The maximum absolute atomic E-state index is 9.88. The number of nitrogens with zero attached hydrogens (tertiary/aromatic N) is 2. The Bertz CT molecular complexity index is 481. The summed E-state index contributed by atoms with van der Waals surface area (Å²) in [6.07, 6.45) is -0.412. The Morgan fingerprint density at radius 2 is 2.35 bits per heavy atom. The van der Waals surface area contributed by atoms with E-state index in [9.17, 15) is 5.11 Å². The number of rotatable bonds is 1. The number of aromatic nitrogens is 2. The Morgan fingerprint density at radius 3 is 3.06 bits per heavy atom. The van der Waals surface area contributed by atoms with Crippen molar-refractivity contribution >= 4 is 24.0 Å². The molecule has 0 unspecified atom stereocenters. The second kappa shape index (κ2) is 4.45. The summed E-state index contributed by atoms with van der Waals surface area (Å²) in [6.45, 7) is 0. The Balaban J connectivity index is 0.00000108. The van der Waals surface area contributed by atoms with E-state index in [-0.39, 0.29) is 23.8 Å². The molecule has 2 aliphatic rings. The quantitative estimate of drug-likeness (QED) is 0.712. The lowest BCUT2D eigenvalue weighted by Gasteiger charge is -2.13. The zero-order chi connectivity index (χ0) is 11.3. The third-order valence-electron chi connectivity index (χ3n) is 2.81. The summed E-state index contributed by atoms with van der Waals surface area (Å²) in [5.74, 6) is 0.220. The van der Waals surface area contributed by atoms with Crippen LogP contribution in [0.15, 0.2) is 12.3 Å². The molecule has 94 valence electrons. The zero-order valence-electron chi connectivity index (χ0n) is 8.62. The van der Waals surface area contributed by atoms with Crippen molar-refractivity contribution in [2.24, 2.45) is 0 Å². The summed E-state index contributed by atoms with van der Waals surface area (Å²) in [6, 6.07) is 1.84. The summed E-state index contributed by atoms with van der Waals surface area (Å²) in [5.41, 5.74) is 0.120. The number of nitrogens with one attached hydrogen (secondary N) is 1. The van der Waals surface area contributed by atoms with Crippen LogP contribution in [0, 0.1) is 5.41 Å². The molecule has 0 spiro atoms. The highest BCUT2D eigenvalue weighted by Crippen LogP contribution is 2.38. The molecule has 8 heteroatoms. The van der Waals surface area contributed by atoms with Gasteiger partial charge in [-0.25, -0.2) is 0 Å². The van der Waals surface area contributed by atoms with Gasteiger partial charge >= 0.3 is 6.01 Å². The molecule has 0 bridgehead atoms. The third-order valence-corrected chi connectivity index (χ3v) is 3.11. The van der Waals surface area contributed by atoms with Crippen LogP contribution in [0.1, 0.15) is 6.23 Å². The van der Waals surface area contributed by atoms with E-state index in [2.05, 4.69) is 4.98 Å². The highest BCUT2D eigenvalue weighted by atomic mass is 35.5. The first-order valence-corrected chi connectivity index (χ1v) is 5.44. The van der Waals surface area contributed by atoms with Crippen molar-refractivity contribution in [1.82, 2.24) is 9.55 Å². The molecule has 0 aromatic carbocycles. The molecule has 1 fully saturated rings. The predicted molar refractivity (Wildman–Crippen MR) is 60.4 cm³/mol. The molecule has 3 heterocycles. The van der Waals surface area contributed by atoms with Gasteiger partial charge in [0.1, 0.15) is 12.2 Å². The second-order valence-corrected chi connectivity index (χ2v) is 4.10. The summed E-state index contributed by atoms with van der Waals surface area (Å²) in [4.78, 5) is 3.90. The molecule has 4 atom stereocenters. The Kier molecular flexibility index (Phi) is 3.31. The van der Waals surface area contributed by atoms with Gasteiger partial charge in [0.05, 0.1) is 5.88 Å². The molecule has 2 aliphatic heterocycles. The van der Waals surface area contributed by atoms with E-state index in [4.69, 9.17) is 26.5 Å². The SMILES string of the molecule is Cl.N=c1ccn2c(n1)O[C@H]1[C@H](O)[C@@H](CCl)O[C@H]12. The van der Waals surface area contributed by atoms with Crippen LogP contribution in [0.5, 0.6) is 6.01 Å². The molecule has 1 aromatic heterocycles. The smallest absolute Gasteiger partial charge is 0.301 e. The van der Waals surface area contributed by atoms with Crippen molar-refractivity contribution in [2.75, 3.05) is 5.88 Å². The molecular weight excluding hydrogens is 269 g/mol. The summed E-state index contributed by atoms with van der Waals surface area (Å²) < 4.78 is 12.7. The van der Waals surface area contributed by atoms with E-state index < -0.39 is 24.5 Å². The van der Waals surface area contributed by atoms with Gasteiger partial charge < -0.3 is 14.6 Å². The molecule has 0 aliphatic carbocycles. The van der Waals surface area contributed by atoms with Gasteiger partial charge in [-0.15, -0.1) is 24.0 Å². The van der Waals surface area contributed by atoms with E-state index in [1.54, 1.807) is 16.8 Å². The van der Waals surface area contributed by atoms with Crippen LogP contribution in [0.4, 0.5) is 0 Å². The van der Waals surface area contributed by atoms with Gasteiger partial charge in [0.25, 0.3) is 0 Å². The van der Waals surface area contributed by atoms with E-state index in [1.807, 2.05) is 0 Å². The minimum Gasteiger partial charge on any atom is -0.454 e. The van der Waals surface area contributed by atoms with Crippen molar-refractivity contribution in [1.29, 1.82) is 5.41 Å². The fourth-order valence-corrected chi connectivity index (χ4v) is 2.27. The van der Waals surface area contributed by atoms with E-state index in [0.29, 0.717) is 6.01 Å². The molecule has 2 N–H and O–H groups in total. The van der Waals surface area contributed by atoms with Gasteiger partial charge in [-0.3, -0.25) is 9.98 Å². The topological polar surface area (TPSA) is 80.4 Å². The Morgan fingerprint density at radius 1 is 1.59 bits per heavy atom. The van der Waals surface area contributed by atoms with Crippen LogP contribution in [-0.2, 0) is 4.74 Å². The minimum absolute atomic E-state index is 0. The van der Waals surface area contributed by atoms with Gasteiger partial charge in [-0.05, 0) is 6.07 Å². The van der Waals surface area contributed by atoms with Gasteiger partial charge in [0.2, 0.25) is 0 Å². The normalized spacial score (nSPS) is 33.5. The number of hydrogen-bond donors (Lipinski definition) is 2. The third kappa shape index (κ3) is 1.81. The first kappa shape index (κ1) is 12.6. The van der Waals surface area contributed by atoms with Crippen LogP contribution < -0.4 is 10.2 Å². The molecule has 3 rings (SSSR count). The molecule has 0 radical (unpaired) electrons. The lowest BCUT2D eigenvalue weighted by molar-refractivity contribution is -0.00466. The molecule has 0 amide bonds. The van der Waals surface area contributed by atoms with Crippen molar-refractivity contribution in [3.8, 4) is 6.01 Å². The maximum atomic E-state index is 9.88. The fraction of sp³-hybridized carbons (Fsp3) is 0.556. The number of aliphatic hydroxyl groups is 1. The number of ether oxygens (including phenoxy) is 2. The van der Waals surface area contributed by atoms with Crippen LogP contribution >= 0.6 is 24.0 Å². The number of alkyl halides is 1. The summed E-state index contributed by atoms with van der Waals surface area (Å²) in [5, 5.41) is 17.2. The number of halogens is 2. The van der Waals surface area contributed by atoms with Crippen LogP contribution in [0.2, 0.25) is 0 Å². The number of aliphatic hydroxyl groups excluding tert-OH is 1. The predicted octanol–water partition coefficient (Wildman–Crippen LogP) is 0.0425. The molecule has 1 aromatic rings. The molecular formula is C9H11Cl2N3O3. The van der Waals surface area contributed by atoms with Crippen LogP contribution in [-0.4, -0.2) is 38.8 Å². The van der Waals surface area contributed by atoms with Crippen molar-refractivity contribution in [3.63, 3.8) is 0 Å². The second-order valence-electron chi connectivity index (χ2n) is 3.80. The van der Waals surface area contributed by atoms with Crippen molar-refractivity contribution in [2.45, 2.75) is 24.5 Å². The number of hydrogen-bond acceptors (Lipinski definition) is 5. The molecule has 1 saturated heterocycles. The lowest BCUT2D eigenvalue weighted by Crippen LogP contribution is -2.34. The molecule has 6 nitrogen and oxygen atoms in total.